The van der Waals surface area contributed by atoms with E-state index in [-0.39, 0.29) is 11.9 Å². The van der Waals surface area contributed by atoms with Crippen LogP contribution in [0.4, 0.5) is 0 Å². The number of carbonyl (C=O) groups excluding carboxylic acids is 1. The van der Waals surface area contributed by atoms with Gasteiger partial charge >= 0.3 is 0 Å². The monoisotopic (exact) mass is 184 g/mol. The molecule has 0 aromatic heterocycles. The van der Waals surface area contributed by atoms with E-state index in [2.05, 4.69) is 5.32 Å². The van der Waals surface area contributed by atoms with E-state index in [0.717, 1.165) is 32.5 Å². The summed E-state index contributed by atoms with van der Waals surface area (Å²) in [4.78, 5) is 13.6. The van der Waals surface area contributed by atoms with Crippen molar-refractivity contribution in [2.24, 2.45) is 0 Å². The Morgan fingerprint density at radius 3 is 2.62 bits per heavy atom. The summed E-state index contributed by atoms with van der Waals surface area (Å²) in [6.07, 6.45) is 2.43. The number of carbonyl (C=O) groups is 1. The van der Waals surface area contributed by atoms with Gasteiger partial charge < -0.3 is 15.3 Å². The largest absolute Gasteiger partial charge is 0.391 e. The van der Waals surface area contributed by atoms with Crippen molar-refractivity contribution in [3.05, 3.63) is 0 Å². The summed E-state index contributed by atoms with van der Waals surface area (Å²) in [5.74, 6) is 0.0856. The minimum atomic E-state index is -0.479. The first-order valence-electron chi connectivity index (χ1n) is 4.99. The van der Waals surface area contributed by atoms with Gasteiger partial charge in [0.25, 0.3) is 0 Å². The Kier molecular flexibility index (Phi) is 2.51. The molecule has 74 valence electrons. The van der Waals surface area contributed by atoms with Gasteiger partial charge in [0.1, 0.15) is 6.04 Å². The van der Waals surface area contributed by atoms with Crippen molar-refractivity contribution in [1.29, 1.82) is 0 Å². The second-order valence-corrected chi connectivity index (χ2v) is 3.82. The summed E-state index contributed by atoms with van der Waals surface area (Å²) in [7, 11) is 0. The van der Waals surface area contributed by atoms with Crippen molar-refractivity contribution in [1.82, 2.24) is 10.2 Å². The first kappa shape index (κ1) is 8.97. The Bertz CT molecular complexity index is 202. The van der Waals surface area contributed by atoms with Crippen LogP contribution in [0.2, 0.25) is 0 Å². The van der Waals surface area contributed by atoms with Gasteiger partial charge in [0.2, 0.25) is 5.91 Å². The highest BCUT2D eigenvalue weighted by molar-refractivity contribution is 5.83. The molecule has 4 heteroatoms. The number of nitrogens with one attached hydrogen (secondary N) is 1. The van der Waals surface area contributed by atoms with Gasteiger partial charge in [-0.1, -0.05) is 0 Å². The van der Waals surface area contributed by atoms with E-state index in [0.29, 0.717) is 6.42 Å². The molecule has 4 nitrogen and oxygen atoms in total. The third-order valence-electron chi connectivity index (χ3n) is 2.87. The van der Waals surface area contributed by atoms with Crippen molar-refractivity contribution in [2.45, 2.75) is 31.4 Å². The predicted octanol–water partition coefficient (Wildman–Crippen LogP) is -0.668. The molecule has 13 heavy (non-hydrogen) atoms. The first-order valence-corrected chi connectivity index (χ1v) is 4.99. The fraction of sp³-hybridized carbons (Fsp3) is 0.889. The summed E-state index contributed by atoms with van der Waals surface area (Å²) in [5.41, 5.74) is 0. The zero-order chi connectivity index (χ0) is 9.26. The highest BCUT2D eigenvalue weighted by Gasteiger charge is 2.34. The van der Waals surface area contributed by atoms with Crippen LogP contribution in [0.1, 0.15) is 19.3 Å². The fourth-order valence-electron chi connectivity index (χ4n) is 2.08. The van der Waals surface area contributed by atoms with Gasteiger partial charge in [-0.3, -0.25) is 4.79 Å². The molecule has 1 amide bonds. The lowest BCUT2D eigenvalue weighted by molar-refractivity contribution is -0.134. The molecule has 2 saturated heterocycles. The maximum atomic E-state index is 11.8. The van der Waals surface area contributed by atoms with E-state index in [9.17, 15) is 9.90 Å². The Labute approximate surface area is 77.9 Å². The fourth-order valence-corrected chi connectivity index (χ4v) is 2.08. The Morgan fingerprint density at radius 2 is 2.08 bits per heavy atom. The van der Waals surface area contributed by atoms with Crippen LogP contribution in [0.15, 0.2) is 0 Å². The van der Waals surface area contributed by atoms with Crippen molar-refractivity contribution in [3.63, 3.8) is 0 Å². The van der Waals surface area contributed by atoms with Crippen LogP contribution in [-0.2, 0) is 4.79 Å². The van der Waals surface area contributed by atoms with Gasteiger partial charge in [-0.2, -0.15) is 0 Å². The molecule has 0 bridgehead atoms. The van der Waals surface area contributed by atoms with Gasteiger partial charge in [0, 0.05) is 13.1 Å². The standard InChI is InChI=1S/C9H16N2O2/c12-7-3-4-10-8(7)9(13)11-5-1-2-6-11/h7-8,10,12H,1-6H2/t7?,8-/m0/s1. The molecule has 2 atom stereocenters. The molecule has 2 heterocycles. The van der Waals surface area contributed by atoms with E-state index in [1.165, 1.54) is 0 Å². The predicted molar refractivity (Wildman–Crippen MR) is 48.2 cm³/mol. The maximum Gasteiger partial charge on any atom is 0.242 e. The second kappa shape index (κ2) is 3.64. The minimum absolute atomic E-state index is 0.0856. The van der Waals surface area contributed by atoms with Gasteiger partial charge in [0.05, 0.1) is 6.10 Å². The van der Waals surface area contributed by atoms with Gasteiger partial charge in [0.15, 0.2) is 0 Å². The molecule has 2 aliphatic heterocycles. The number of aliphatic hydroxyl groups is 1. The Balaban J connectivity index is 1.95. The number of aliphatic hydroxyl groups excluding tert-OH is 1. The van der Waals surface area contributed by atoms with Crippen LogP contribution in [0.3, 0.4) is 0 Å². The van der Waals surface area contributed by atoms with Crippen LogP contribution < -0.4 is 5.32 Å². The molecule has 0 radical (unpaired) electrons. The number of likely N-dealkylation sites (tertiary alicyclic amines) is 1. The van der Waals surface area contributed by atoms with E-state index in [1.54, 1.807) is 0 Å². The summed E-state index contributed by atoms with van der Waals surface area (Å²) in [6.45, 7) is 2.48. The topological polar surface area (TPSA) is 52.6 Å². The number of hydrogen-bond acceptors (Lipinski definition) is 3. The molecule has 1 unspecified atom stereocenters. The van der Waals surface area contributed by atoms with Gasteiger partial charge in [-0.05, 0) is 25.8 Å². The summed E-state index contributed by atoms with van der Waals surface area (Å²) in [6, 6.07) is -0.335. The molecule has 2 fully saturated rings. The molecule has 0 aromatic rings. The molecule has 2 rings (SSSR count). The summed E-state index contributed by atoms with van der Waals surface area (Å²) < 4.78 is 0. The van der Waals surface area contributed by atoms with E-state index in [1.807, 2.05) is 4.90 Å². The number of rotatable bonds is 1. The Morgan fingerprint density at radius 1 is 1.38 bits per heavy atom. The van der Waals surface area contributed by atoms with Crippen LogP contribution in [0, 0.1) is 0 Å². The SMILES string of the molecule is O=C([C@H]1NCCC1O)N1CCCC1. The Hall–Kier alpha value is -0.610. The first-order chi connectivity index (χ1) is 6.29. The third kappa shape index (κ3) is 1.69. The third-order valence-corrected chi connectivity index (χ3v) is 2.87. The van der Waals surface area contributed by atoms with Crippen LogP contribution in [0.25, 0.3) is 0 Å². The van der Waals surface area contributed by atoms with Crippen molar-refractivity contribution in [2.75, 3.05) is 19.6 Å². The molecule has 0 saturated carbocycles. The average molecular weight is 184 g/mol. The molecule has 0 spiro atoms. The summed E-state index contributed by atoms with van der Waals surface area (Å²) >= 11 is 0. The summed E-state index contributed by atoms with van der Waals surface area (Å²) in [5, 5.41) is 12.6. The lowest BCUT2D eigenvalue weighted by Gasteiger charge is -2.21. The lowest BCUT2D eigenvalue weighted by Crippen LogP contribution is -2.47. The zero-order valence-corrected chi connectivity index (χ0v) is 7.70. The molecular weight excluding hydrogens is 168 g/mol. The lowest BCUT2D eigenvalue weighted by atomic mass is 10.1. The maximum absolute atomic E-state index is 11.8. The average Bonchev–Trinajstić information content (AvgIpc) is 2.72. The van der Waals surface area contributed by atoms with E-state index in [4.69, 9.17) is 0 Å². The van der Waals surface area contributed by atoms with E-state index >= 15 is 0 Å². The normalized spacial score (nSPS) is 34.1. The molecule has 0 aliphatic carbocycles. The van der Waals surface area contributed by atoms with Crippen molar-refractivity contribution < 1.29 is 9.90 Å². The minimum Gasteiger partial charge on any atom is -0.391 e. The number of nitrogens with zero attached hydrogens (tertiary/aromatic N) is 1. The zero-order valence-electron chi connectivity index (χ0n) is 7.70. The van der Waals surface area contributed by atoms with Gasteiger partial charge in [-0.15, -0.1) is 0 Å². The molecule has 0 aromatic carbocycles. The highest BCUT2D eigenvalue weighted by atomic mass is 16.3. The van der Waals surface area contributed by atoms with Crippen LogP contribution in [0.5, 0.6) is 0 Å². The van der Waals surface area contributed by atoms with Crippen LogP contribution >= 0.6 is 0 Å². The molecule has 2 N–H and O–H groups in total. The van der Waals surface area contributed by atoms with Crippen molar-refractivity contribution in [3.8, 4) is 0 Å². The number of amides is 1. The van der Waals surface area contributed by atoms with Crippen LogP contribution in [-0.4, -0.2) is 47.7 Å². The molecule has 2 aliphatic rings. The quantitative estimate of drug-likeness (QED) is 0.568. The second-order valence-electron chi connectivity index (χ2n) is 3.82. The molecular formula is C9H16N2O2. The van der Waals surface area contributed by atoms with E-state index < -0.39 is 6.10 Å². The smallest absolute Gasteiger partial charge is 0.242 e. The number of hydrogen-bond donors (Lipinski definition) is 2. The van der Waals surface area contributed by atoms with Crippen molar-refractivity contribution >= 4 is 5.91 Å². The highest BCUT2D eigenvalue weighted by Crippen LogP contribution is 2.14. The van der Waals surface area contributed by atoms with Gasteiger partial charge in [-0.25, -0.2) is 0 Å².